The van der Waals surface area contributed by atoms with Crippen molar-refractivity contribution in [2.75, 3.05) is 10.8 Å². The molecule has 0 saturated heterocycles. The molecule has 0 aliphatic rings. The molecule has 1 amide bonds. The molecule has 160 valence electrons. The van der Waals surface area contributed by atoms with Crippen LogP contribution >= 0.6 is 0 Å². The molecule has 0 aliphatic heterocycles. The predicted octanol–water partition coefficient (Wildman–Crippen LogP) is 3.96. The van der Waals surface area contributed by atoms with Crippen molar-refractivity contribution in [3.8, 4) is 0 Å². The number of aryl methyl sites for hydroxylation is 2. The summed E-state index contributed by atoms with van der Waals surface area (Å²) in [5.41, 5.74) is 6.38. The molecule has 7 heteroatoms. The zero-order chi connectivity index (χ0) is 22.4. The third-order valence-corrected chi connectivity index (χ3v) is 6.72. The minimum absolute atomic E-state index is 0.125. The van der Waals surface area contributed by atoms with Gasteiger partial charge in [-0.25, -0.2) is 13.8 Å². The van der Waals surface area contributed by atoms with E-state index in [0.29, 0.717) is 5.69 Å². The Hall–Kier alpha value is -3.45. The van der Waals surface area contributed by atoms with Gasteiger partial charge < -0.3 is 0 Å². The molecule has 3 aromatic carbocycles. The summed E-state index contributed by atoms with van der Waals surface area (Å²) in [7, 11) is -3.96. The maximum Gasteiger partial charge on any atom is 0.264 e. The molecule has 0 radical (unpaired) electrons. The molecule has 3 aromatic rings. The van der Waals surface area contributed by atoms with Crippen LogP contribution in [0.1, 0.15) is 22.3 Å². The van der Waals surface area contributed by atoms with E-state index >= 15 is 0 Å². The Morgan fingerprint density at radius 2 is 1.61 bits per heavy atom. The van der Waals surface area contributed by atoms with Crippen LogP contribution in [0.5, 0.6) is 0 Å². The summed E-state index contributed by atoms with van der Waals surface area (Å²) in [5.74, 6) is -0.538. The third-order valence-electron chi connectivity index (χ3n) is 4.94. The molecule has 3 rings (SSSR count). The summed E-state index contributed by atoms with van der Waals surface area (Å²) < 4.78 is 28.0. The monoisotopic (exact) mass is 435 g/mol. The summed E-state index contributed by atoms with van der Waals surface area (Å²) in [6, 6.07) is 21.3. The van der Waals surface area contributed by atoms with E-state index in [1.54, 1.807) is 36.4 Å². The number of nitrogens with one attached hydrogen (secondary N) is 1. The van der Waals surface area contributed by atoms with Crippen LogP contribution in [0.3, 0.4) is 0 Å². The number of rotatable bonds is 7. The smallest absolute Gasteiger partial charge is 0.264 e. The zero-order valence-corrected chi connectivity index (χ0v) is 18.6. The summed E-state index contributed by atoms with van der Waals surface area (Å²) in [5, 5.41) is 3.95. The van der Waals surface area contributed by atoms with Crippen molar-refractivity contribution < 1.29 is 13.2 Å². The van der Waals surface area contributed by atoms with E-state index in [4.69, 9.17) is 0 Å². The minimum Gasteiger partial charge on any atom is -0.271 e. The summed E-state index contributed by atoms with van der Waals surface area (Å²) in [4.78, 5) is 12.7. The van der Waals surface area contributed by atoms with Gasteiger partial charge in [0, 0.05) is 0 Å². The highest BCUT2D eigenvalue weighted by atomic mass is 32.2. The first-order chi connectivity index (χ1) is 14.8. The van der Waals surface area contributed by atoms with Crippen LogP contribution in [0.25, 0.3) is 0 Å². The van der Waals surface area contributed by atoms with Crippen molar-refractivity contribution >= 4 is 27.8 Å². The van der Waals surface area contributed by atoms with Crippen LogP contribution in [-0.2, 0) is 14.8 Å². The van der Waals surface area contributed by atoms with E-state index in [-0.39, 0.29) is 4.90 Å². The second-order valence-corrected chi connectivity index (χ2v) is 9.11. The van der Waals surface area contributed by atoms with Gasteiger partial charge in [0.1, 0.15) is 6.54 Å². The summed E-state index contributed by atoms with van der Waals surface area (Å²) in [6.07, 6.45) is 1.51. The Balaban J connectivity index is 1.91. The van der Waals surface area contributed by atoms with E-state index < -0.39 is 22.5 Å². The first-order valence-corrected chi connectivity index (χ1v) is 11.3. The van der Waals surface area contributed by atoms with Gasteiger partial charge in [-0.2, -0.15) is 5.10 Å². The average molecular weight is 436 g/mol. The van der Waals surface area contributed by atoms with Gasteiger partial charge in [0.05, 0.1) is 16.8 Å². The number of anilines is 1. The second kappa shape index (κ2) is 9.57. The number of benzene rings is 3. The average Bonchev–Trinajstić information content (AvgIpc) is 2.75. The number of nitrogens with zero attached hydrogens (tertiary/aromatic N) is 2. The summed E-state index contributed by atoms with van der Waals surface area (Å²) in [6.45, 7) is 5.23. The van der Waals surface area contributed by atoms with Gasteiger partial charge >= 0.3 is 0 Å². The Morgan fingerprint density at radius 3 is 2.29 bits per heavy atom. The zero-order valence-electron chi connectivity index (χ0n) is 17.7. The van der Waals surface area contributed by atoms with Crippen molar-refractivity contribution in [2.45, 2.75) is 25.7 Å². The Morgan fingerprint density at radius 1 is 0.935 bits per heavy atom. The molecule has 31 heavy (non-hydrogen) atoms. The molecule has 6 nitrogen and oxygen atoms in total. The number of hydrogen-bond donors (Lipinski definition) is 1. The van der Waals surface area contributed by atoms with Crippen molar-refractivity contribution in [1.29, 1.82) is 0 Å². The van der Waals surface area contributed by atoms with Gasteiger partial charge in [0.25, 0.3) is 15.9 Å². The fraction of sp³-hybridized carbons (Fsp3) is 0.167. The van der Waals surface area contributed by atoms with Crippen LogP contribution < -0.4 is 9.73 Å². The molecular formula is C24H25N3O3S. The van der Waals surface area contributed by atoms with Crippen molar-refractivity contribution in [3.63, 3.8) is 0 Å². The molecule has 0 heterocycles. The van der Waals surface area contributed by atoms with E-state index in [2.05, 4.69) is 10.5 Å². The molecule has 0 fully saturated rings. The van der Waals surface area contributed by atoms with Crippen molar-refractivity contribution in [2.24, 2.45) is 5.10 Å². The highest BCUT2D eigenvalue weighted by Crippen LogP contribution is 2.28. The lowest BCUT2D eigenvalue weighted by molar-refractivity contribution is -0.119. The second-order valence-electron chi connectivity index (χ2n) is 7.25. The largest absolute Gasteiger partial charge is 0.271 e. The Labute approximate surface area is 183 Å². The molecule has 0 unspecified atom stereocenters. The lowest BCUT2D eigenvalue weighted by atomic mass is 10.1. The fourth-order valence-electron chi connectivity index (χ4n) is 3.03. The fourth-order valence-corrected chi connectivity index (χ4v) is 4.51. The summed E-state index contributed by atoms with van der Waals surface area (Å²) >= 11 is 0. The standard InChI is InChI=1S/C24H25N3O3S/c1-18-12-14-22(15-13-18)31(29,30)27(23-11-7-8-19(2)20(23)3)17-24(28)26-25-16-21-9-5-4-6-10-21/h4-16H,17H2,1-3H3,(H,26,28). The number of sulfonamides is 1. The SMILES string of the molecule is Cc1ccc(S(=O)(=O)N(CC(=O)NN=Cc2ccccc2)c2cccc(C)c2C)cc1. The molecule has 0 aromatic heterocycles. The number of hydrazone groups is 1. The van der Waals surface area contributed by atoms with Gasteiger partial charge in [-0.1, -0.05) is 60.2 Å². The highest BCUT2D eigenvalue weighted by Gasteiger charge is 2.28. The number of amides is 1. The Bertz CT molecular complexity index is 1190. The van der Waals surface area contributed by atoms with E-state index in [0.717, 1.165) is 26.6 Å². The number of carbonyl (C=O) groups excluding carboxylic acids is 1. The van der Waals surface area contributed by atoms with Gasteiger partial charge in [0.15, 0.2) is 0 Å². The lowest BCUT2D eigenvalue weighted by Gasteiger charge is -2.26. The first-order valence-electron chi connectivity index (χ1n) is 9.81. The van der Waals surface area contributed by atoms with Crippen LogP contribution in [0, 0.1) is 20.8 Å². The Kier molecular flexibility index (Phi) is 6.87. The van der Waals surface area contributed by atoms with Crippen LogP contribution in [-0.4, -0.2) is 27.1 Å². The quantitative estimate of drug-likeness (QED) is 0.451. The molecule has 1 N–H and O–H groups in total. The van der Waals surface area contributed by atoms with Gasteiger partial charge in [-0.15, -0.1) is 0 Å². The molecule has 0 atom stereocenters. The molecule has 0 aliphatic carbocycles. The van der Waals surface area contributed by atoms with E-state index in [9.17, 15) is 13.2 Å². The highest BCUT2D eigenvalue weighted by molar-refractivity contribution is 7.92. The molecule has 0 spiro atoms. The lowest BCUT2D eigenvalue weighted by Crippen LogP contribution is -2.40. The maximum absolute atomic E-state index is 13.4. The number of hydrogen-bond acceptors (Lipinski definition) is 4. The predicted molar refractivity (Wildman–Crippen MR) is 124 cm³/mol. The van der Waals surface area contributed by atoms with Gasteiger partial charge in [-0.05, 0) is 55.7 Å². The van der Waals surface area contributed by atoms with E-state index in [1.165, 1.54) is 6.21 Å². The van der Waals surface area contributed by atoms with Crippen molar-refractivity contribution in [1.82, 2.24) is 5.43 Å². The van der Waals surface area contributed by atoms with Gasteiger partial charge in [-0.3, -0.25) is 9.10 Å². The molecule has 0 saturated carbocycles. The van der Waals surface area contributed by atoms with E-state index in [1.807, 2.05) is 57.2 Å². The molecule has 0 bridgehead atoms. The first kappa shape index (κ1) is 22.2. The van der Waals surface area contributed by atoms with Crippen LogP contribution in [0.2, 0.25) is 0 Å². The van der Waals surface area contributed by atoms with Crippen molar-refractivity contribution in [3.05, 3.63) is 95.1 Å². The number of carbonyl (C=O) groups is 1. The van der Waals surface area contributed by atoms with Gasteiger partial charge in [0.2, 0.25) is 0 Å². The van der Waals surface area contributed by atoms with Crippen LogP contribution in [0.15, 0.2) is 82.8 Å². The maximum atomic E-state index is 13.4. The topological polar surface area (TPSA) is 78.8 Å². The molecular weight excluding hydrogens is 410 g/mol. The normalized spacial score (nSPS) is 11.5. The third kappa shape index (κ3) is 5.38. The van der Waals surface area contributed by atoms with Crippen LogP contribution in [0.4, 0.5) is 5.69 Å². The minimum atomic E-state index is -3.96.